The lowest BCUT2D eigenvalue weighted by molar-refractivity contribution is -0.297. The highest BCUT2D eigenvalue weighted by Crippen LogP contribution is 2.35. The molecule has 0 bridgehead atoms. The smallest absolute Gasteiger partial charge is 0.187 e. The van der Waals surface area contributed by atoms with Crippen molar-refractivity contribution in [2.75, 3.05) is 20.2 Å². The summed E-state index contributed by atoms with van der Waals surface area (Å²) in [6.07, 6.45) is -12.1. The predicted molar refractivity (Wildman–Crippen MR) is 146 cm³/mol. The van der Waals surface area contributed by atoms with Crippen molar-refractivity contribution in [3.63, 3.8) is 0 Å². The maximum Gasteiger partial charge on any atom is 0.187 e. The molecule has 3 aliphatic heterocycles. The maximum atomic E-state index is 11.2. The van der Waals surface area contributed by atoms with E-state index in [2.05, 4.69) is 5.32 Å². The number of aliphatic hydroxyl groups excluding tert-OH is 5. The molecule has 246 valence electrons. The minimum atomic E-state index is -1.46. The van der Waals surface area contributed by atoms with Crippen LogP contribution in [0.2, 0.25) is 0 Å². The van der Waals surface area contributed by atoms with Crippen molar-refractivity contribution in [3.8, 4) is 0 Å². The van der Waals surface area contributed by atoms with E-state index < -0.39 is 104 Å². The monoisotopic (exact) mass is 609 g/mol. The standard InChI is InChI=1S/C26H51N5O11/c1-9-17(33)19(35)15(7-27)38-24(9)41-22-16(8-32)39-26(20(22)36)42-23-18(34)12(29)6-13(30)21(23)40-25-11(28)4-5-14(37-25)10(2)31-3/h9-26,31-36H,4-8,27-30H2,1-3H3. The molecule has 4 rings (SSSR count). The molecule has 3 heterocycles. The van der Waals surface area contributed by atoms with Gasteiger partial charge in [-0.2, -0.15) is 0 Å². The zero-order valence-corrected chi connectivity index (χ0v) is 24.4. The van der Waals surface area contributed by atoms with Crippen molar-refractivity contribution >= 4 is 0 Å². The summed E-state index contributed by atoms with van der Waals surface area (Å²) in [4.78, 5) is 0. The number of nitrogens with two attached hydrogens (primary N) is 4. The fourth-order valence-electron chi connectivity index (χ4n) is 6.14. The molecule has 0 aromatic carbocycles. The van der Waals surface area contributed by atoms with Gasteiger partial charge < -0.3 is 82.2 Å². The Morgan fingerprint density at radius 1 is 0.762 bits per heavy atom. The van der Waals surface area contributed by atoms with E-state index in [1.807, 2.05) is 14.0 Å². The molecule has 18 unspecified atom stereocenters. The van der Waals surface area contributed by atoms with Gasteiger partial charge in [0.05, 0.1) is 31.0 Å². The summed E-state index contributed by atoms with van der Waals surface area (Å²) >= 11 is 0. The summed E-state index contributed by atoms with van der Waals surface area (Å²) < 4.78 is 36.1. The second-order valence-corrected chi connectivity index (χ2v) is 12.1. The van der Waals surface area contributed by atoms with Crippen molar-refractivity contribution in [3.05, 3.63) is 0 Å². The van der Waals surface area contributed by atoms with Crippen molar-refractivity contribution in [2.45, 2.75) is 137 Å². The molecule has 4 aliphatic rings. The summed E-state index contributed by atoms with van der Waals surface area (Å²) in [7, 11) is 1.84. The Hall–Kier alpha value is -0.640. The summed E-state index contributed by atoms with van der Waals surface area (Å²) in [5.41, 5.74) is 24.6. The van der Waals surface area contributed by atoms with Crippen LogP contribution in [0.5, 0.6) is 0 Å². The van der Waals surface area contributed by atoms with E-state index in [1.165, 1.54) is 0 Å². The molecule has 4 fully saturated rings. The van der Waals surface area contributed by atoms with Gasteiger partial charge in [-0.05, 0) is 33.2 Å². The lowest BCUT2D eigenvalue weighted by Gasteiger charge is -2.46. The molecule has 0 spiro atoms. The van der Waals surface area contributed by atoms with Crippen LogP contribution in [0.3, 0.4) is 0 Å². The first-order valence-corrected chi connectivity index (χ1v) is 14.8. The third-order valence-electron chi connectivity index (χ3n) is 9.11. The fraction of sp³-hybridized carbons (Fsp3) is 1.00. The molecular formula is C26H51N5O11. The summed E-state index contributed by atoms with van der Waals surface area (Å²) in [6, 6.07) is -1.81. The minimum absolute atomic E-state index is 0.0458. The maximum absolute atomic E-state index is 11.2. The molecule has 0 aromatic rings. The van der Waals surface area contributed by atoms with Crippen LogP contribution in [0, 0.1) is 5.92 Å². The first-order chi connectivity index (χ1) is 19.9. The van der Waals surface area contributed by atoms with E-state index in [0.29, 0.717) is 6.42 Å². The van der Waals surface area contributed by atoms with Gasteiger partial charge in [0.25, 0.3) is 0 Å². The fourth-order valence-corrected chi connectivity index (χ4v) is 6.14. The molecule has 14 N–H and O–H groups in total. The number of ether oxygens (including phenoxy) is 6. The van der Waals surface area contributed by atoms with Gasteiger partial charge in [-0.25, -0.2) is 0 Å². The van der Waals surface area contributed by atoms with E-state index in [1.54, 1.807) is 6.92 Å². The van der Waals surface area contributed by atoms with Gasteiger partial charge in [0.1, 0.15) is 42.7 Å². The van der Waals surface area contributed by atoms with Crippen molar-refractivity contribution in [1.29, 1.82) is 0 Å². The zero-order valence-electron chi connectivity index (χ0n) is 24.4. The van der Waals surface area contributed by atoms with Gasteiger partial charge in [-0.1, -0.05) is 6.92 Å². The van der Waals surface area contributed by atoms with Gasteiger partial charge in [0, 0.05) is 30.6 Å². The lowest BCUT2D eigenvalue weighted by Crippen LogP contribution is -2.65. The average molecular weight is 610 g/mol. The number of rotatable bonds is 10. The Labute approximate surface area is 245 Å². The van der Waals surface area contributed by atoms with Crippen LogP contribution in [0.4, 0.5) is 0 Å². The third kappa shape index (κ3) is 7.09. The van der Waals surface area contributed by atoms with Crippen LogP contribution in [-0.4, -0.2) is 150 Å². The Kier molecular flexibility index (Phi) is 11.9. The number of nitrogens with one attached hydrogen (secondary N) is 1. The SMILES string of the molecule is CNC(C)C1CCC(N)C(OC2C(N)CC(N)C(O)C2OC2OC(CO)C(OC3OC(CN)C(O)C(O)C3C)C2O)O1. The van der Waals surface area contributed by atoms with Crippen molar-refractivity contribution in [2.24, 2.45) is 28.9 Å². The highest BCUT2D eigenvalue weighted by molar-refractivity contribution is 5.01. The predicted octanol–water partition coefficient (Wildman–Crippen LogP) is -4.88. The molecule has 42 heavy (non-hydrogen) atoms. The second-order valence-electron chi connectivity index (χ2n) is 12.1. The number of likely N-dealkylation sites (N-methyl/N-ethyl adjacent to an activating group) is 1. The largest absolute Gasteiger partial charge is 0.394 e. The molecule has 0 aromatic heterocycles. The van der Waals surface area contributed by atoms with Gasteiger partial charge in [0.15, 0.2) is 18.9 Å². The molecule has 16 nitrogen and oxygen atoms in total. The van der Waals surface area contributed by atoms with Crippen molar-refractivity contribution < 1.29 is 54.0 Å². The molecule has 3 saturated heterocycles. The van der Waals surface area contributed by atoms with Crippen LogP contribution in [0.25, 0.3) is 0 Å². The first kappa shape index (κ1) is 34.2. The second kappa shape index (κ2) is 14.6. The van der Waals surface area contributed by atoms with E-state index >= 15 is 0 Å². The third-order valence-corrected chi connectivity index (χ3v) is 9.11. The van der Waals surface area contributed by atoms with Gasteiger partial charge in [-0.3, -0.25) is 0 Å². The highest BCUT2D eigenvalue weighted by atomic mass is 16.8. The van der Waals surface area contributed by atoms with Crippen molar-refractivity contribution in [1.82, 2.24) is 5.32 Å². The number of aliphatic hydroxyl groups is 5. The summed E-state index contributed by atoms with van der Waals surface area (Å²) in [5, 5.41) is 56.1. The van der Waals surface area contributed by atoms with Crippen LogP contribution in [-0.2, 0) is 28.4 Å². The minimum Gasteiger partial charge on any atom is -0.394 e. The van der Waals surface area contributed by atoms with Crippen LogP contribution in [0.15, 0.2) is 0 Å². The van der Waals surface area contributed by atoms with E-state index in [0.717, 1.165) is 6.42 Å². The van der Waals surface area contributed by atoms with Crippen LogP contribution in [0.1, 0.15) is 33.1 Å². The lowest BCUT2D eigenvalue weighted by atomic mass is 9.84. The quantitative estimate of drug-likeness (QED) is 0.111. The highest BCUT2D eigenvalue weighted by Gasteiger charge is 2.53. The number of hydrogen-bond donors (Lipinski definition) is 10. The zero-order chi connectivity index (χ0) is 30.9. The van der Waals surface area contributed by atoms with Crippen LogP contribution < -0.4 is 28.3 Å². The Morgan fingerprint density at radius 2 is 1.40 bits per heavy atom. The molecule has 18 atom stereocenters. The molecule has 16 heteroatoms. The topological polar surface area (TPSA) is 273 Å². The molecule has 1 aliphatic carbocycles. The normalized spacial score (nSPS) is 51.0. The van der Waals surface area contributed by atoms with E-state index in [9.17, 15) is 25.5 Å². The Morgan fingerprint density at radius 3 is 2.05 bits per heavy atom. The van der Waals surface area contributed by atoms with E-state index in [4.69, 9.17) is 51.4 Å². The van der Waals surface area contributed by atoms with Crippen LogP contribution >= 0.6 is 0 Å². The van der Waals surface area contributed by atoms with E-state index in [-0.39, 0.29) is 25.1 Å². The Balaban J connectivity index is 1.48. The Bertz CT molecular complexity index is 850. The summed E-state index contributed by atoms with van der Waals surface area (Å²) in [6.45, 7) is 2.98. The first-order valence-electron chi connectivity index (χ1n) is 14.8. The molecule has 0 amide bonds. The average Bonchev–Trinajstić information content (AvgIpc) is 3.27. The molecule has 1 saturated carbocycles. The molecule has 0 radical (unpaired) electrons. The van der Waals surface area contributed by atoms with Gasteiger partial charge in [-0.15, -0.1) is 0 Å². The van der Waals surface area contributed by atoms with Gasteiger partial charge in [0.2, 0.25) is 0 Å². The molecular weight excluding hydrogens is 558 g/mol. The summed E-state index contributed by atoms with van der Waals surface area (Å²) in [5.74, 6) is -0.697. The number of hydrogen-bond acceptors (Lipinski definition) is 16. The van der Waals surface area contributed by atoms with Gasteiger partial charge >= 0.3 is 0 Å².